The number of hydrogen-bond donors (Lipinski definition) is 0. The van der Waals surface area contributed by atoms with Crippen molar-refractivity contribution in [1.82, 2.24) is 0 Å². The van der Waals surface area contributed by atoms with Crippen molar-refractivity contribution < 1.29 is 23.8 Å². The van der Waals surface area contributed by atoms with Crippen LogP contribution >= 0.6 is 11.3 Å². The zero-order valence-corrected chi connectivity index (χ0v) is 22.8. The van der Waals surface area contributed by atoms with E-state index in [0.717, 1.165) is 21.6 Å². The van der Waals surface area contributed by atoms with Gasteiger partial charge in [0.25, 0.3) is 0 Å². The van der Waals surface area contributed by atoms with E-state index < -0.39 is 28.6 Å². The highest BCUT2D eigenvalue weighted by Crippen LogP contribution is 2.71. The summed E-state index contributed by atoms with van der Waals surface area (Å²) in [5, 5.41) is 2.02. The van der Waals surface area contributed by atoms with Crippen LogP contribution in [0, 0.1) is 5.41 Å². The molecule has 0 radical (unpaired) electrons. The molecule has 0 amide bonds. The van der Waals surface area contributed by atoms with Crippen molar-refractivity contribution in [2.75, 3.05) is 13.2 Å². The van der Waals surface area contributed by atoms with E-state index in [1.165, 1.54) is 0 Å². The zero-order valence-electron chi connectivity index (χ0n) is 22.0. The average Bonchev–Trinajstić information content (AvgIpc) is 3.61. The predicted octanol–water partition coefficient (Wildman–Crippen LogP) is 6.57. The van der Waals surface area contributed by atoms with Gasteiger partial charge in [0.15, 0.2) is 0 Å². The highest BCUT2D eigenvalue weighted by atomic mass is 32.1. The summed E-state index contributed by atoms with van der Waals surface area (Å²) in [5.41, 5.74) is -0.835. The number of benzene rings is 3. The van der Waals surface area contributed by atoms with Crippen LogP contribution < -0.4 is 0 Å². The van der Waals surface area contributed by atoms with Gasteiger partial charge in [-0.05, 0) is 54.0 Å². The van der Waals surface area contributed by atoms with E-state index in [4.69, 9.17) is 14.2 Å². The van der Waals surface area contributed by atoms with E-state index >= 15 is 0 Å². The minimum absolute atomic E-state index is 0.125. The molecule has 198 valence electrons. The number of ether oxygens (including phenoxy) is 3. The lowest BCUT2D eigenvalue weighted by atomic mass is 9.59. The van der Waals surface area contributed by atoms with Gasteiger partial charge in [0.1, 0.15) is 11.2 Å². The third kappa shape index (κ3) is 3.41. The van der Waals surface area contributed by atoms with Crippen LogP contribution in [-0.4, -0.2) is 25.2 Å². The molecule has 5 nitrogen and oxygen atoms in total. The molecule has 6 heteroatoms. The van der Waals surface area contributed by atoms with Crippen molar-refractivity contribution in [3.8, 4) is 0 Å². The summed E-state index contributed by atoms with van der Waals surface area (Å²) in [6, 6.07) is 31.7. The Balaban J connectivity index is 1.79. The van der Waals surface area contributed by atoms with Crippen molar-refractivity contribution in [3.63, 3.8) is 0 Å². The van der Waals surface area contributed by atoms with E-state index in [9.17, 15) is 9.59 Å². The third-order valence-electron chi connectivity index (χ3n) is 8.14. The Hall–Kier alpha value is -3.74. The fourth-order valence-electron chi connectivity index (χ4n) is 6.71. The molecule has 3 heterocycles. The second kappa shape index (κ2) is 9.78. The molecule has 3 atom stereocenters. The standard InChI is InChI=1S/C33H30O5S/c1-3-36-29(34)31(30(35)37-4-2)22-27(28-20-13-21-39-28)32(23-14-7-5-8-15-23)25-18-11-12-19-26(25)33(31,38-32)24-16-9-6-10-17-24/h5-21,27H,3-4,22H2,1-2H3/t27-,32-,33+/m0/s1. The summed E-state index contributed by atoms with van der Waals surface area (Å²) in [5.74, 6) is -1.63. The molecule has 2 aliphatic heterocycles. The van der Waals surface area contributed by atoms with Crippen LogP contribution in [0.3, 0.4) is 0 Å². The van der Waals surface area contributed by atoms with Gasteiger partial charge in [-0.25, -0.2) is 0 Å². The summed E-state index contributed by atoms with van der Waals surface area (Å²) < 4.78 is 19.0. The van der Waals surface area contributed by atoms with Crippen molar-refractivity contribution in [1.29, 1.82) is 0 Å². The highest BCUT2D eigenvalue weighted by molar-refractivity contribution is 7.10. The number of carbonyl (C=O) groups excluding carboxylic acids is 2. The third-order valence-corrected chi connectivity index (χ3v) is 9.13. The predicted molar refractivity (Wildman–Crippen MR) is 149 cm³/mol. The van der Waals surface area contributed by atoms with Crippen LogP contribution in [0.2, 0.25) is 0 Å². The summed E-state index contributed by atoms with van der Waals surface area (Å²) in [6.07, 6.45) is 0.156. The van der Waals surface area contributed by atoms with Crippen LogP contribution in [0.5, 0.6) is 0 Å². The van der Waals surface area contributed by atoms with Gasteiger partial charge in [0.2, 0.25) is 5.41 Å². The molecule has 0 spiro atoms. The number of esters is 2. The molecule has 2 aliphatic rings. The number of thiophene rings is 1. The van der Waals surface area contributed by atoms with Crippen LogP contribution in [0.1, 0.15) is 53.3 Å². The van der Waals surface area contributed by atoms with Gasteiger partial charge in [-0.1, -0.05) is 91.0 Å². The van der Waals surface area contributed by atoms with Gasteiger partial charge in [0, 0.05) is 10.8 Å². The van der Waals surface area contributed by atoms with Crippen molar-refractivity contribution in [2.45, 2.75) is 37.4 Å². The van der Waals surface area contributed by atoms with Gasteiger partial charge in [-0.2, -0.15) is 0 Å². The van der Waals surface area contributed by atoms with Crippen LogP contribution in [-0.2, 0) is 35.0 Å². The molecule has 4 aromatic rings. The van der Waals surface area contributed by atoms with E-state index in [-0.39, 0.29) is 25.6 Å². The Morgan fingerprint density at radius 2 is 1.33 bits per heavy atom. The fourth-order valence-corrected chi connectivity index (χ4v) is 7.59. The first kappa shape index (κ1) is 25.5. The fraction of sp³-hybridized carbons (Fsp3) is 0.273. The molecule has 1 saturated heterocycles. The lowest BCUT2D eigenvalue weighted by Crippen LogP contribution is -2.63. The van der Waals surface area contributed by atoms with E-state index in [1.807, 2.05) is 78.2 Å². The largest absolute Gasteiger partial charge is 0.465 e. The molecule has 0 unspecified atom stereocenters. The summed E-state index contributed by atoms with van der Waals surface area (Å²) in [6.45, 7) is 3.76. The monoisotopic (exact) mass is 538 g/mol. The van der Waals surface area contributed by atoms with Gasteiger partial charge in [-0.15, -0.1) is 11.3 Å². The maximum absolute atomic E-state index is 14.4. The molecule has 6 rings (SSSR count). The first-order valence-corrected chi connectivity index (χ1v) is 14.2. The van der Waals surface area contributed by atoms with Gasteiger partial charge < -0.3 is 14.2 Å². The van der Waals surface area contributed by atoms with Gasteiger partial charge in [-0.3, -0.25) is 9.59 Å². The molecule has 0 aliphatic carbocycles. The van der Waals surface area contributed by atoms with Crippen LogP contribution in [0.15, 0.2) is 102 Å². The molecular formula is C33H30O5S. The smallest absolute Gasteiger partial charge is 0.327 e. The number of fused-ring (bicyclic) bond motifs is 5. The average molecular weight is 539 g/mol. The molecule has 39 heavy (non-hydrogen) atoms. The number of hydrogen-bond acceptors (Lipinski definition) is 6. The van der Waals surface area contributed by atoms with Crippen molar-refractivity contribution in [3.05, 3.63) is 130 Å². The minimum atomic E-state index is -1.79. The first-order valence-electron chi connectivity index (χ1n) is 13.3. The normalized spacial score (nSPS) is 24.5. The molecule has 3 aromatic carbocycles. The minimum Gasteiger partial charge on any atom is -0.465 e. The second-order valence-electron chi connectivity index (χ2n) is 9.91. The Bertz CT molecular complexity index is 1470. The summed E-state index contributed by atoms with van der Waals surface area (Å²) in [4.78, 5) is 29.8. The Morgan fingerprint density at radius 3 is 1.90 bits per heavy atom. The van der Waals surface area contributed by atoms with Gasteiger partial charge in [0.05, 0.1) is 13.2 Å². The van der Waals surface area contributed by atoms with E-state index in [1.54, 1.807) is 25.2 Å². The Kier molecular flexibility index (Phi) is 6.40. The molecule has 1 fully saturated rings. The van der Waals surface area contributed by atoms with Crippen molar-refractivity contribution >= 4 is 23.3 Å². The van der Waals surface area contributed by atoms with E-state index in [0.29, 0.717) is 5.56 Å². The lowest BCUT2D eigenvalue weighted by Gasteiger charge is -2.54. The Morgan fingerprint density at radius 1 is 0.769 bits per heavy atom. The number of carbonyl (C=O) groups is 2. The molecule has 0 N–H and O–H groups in total. The zero-order chi connectivity index (χ0) is 27.1. The maximum atomic E-state index is 14.4. The topological polar surface area (TPSA) is 61.8 Å². The first-order chi connectivity index (χ1) is 19.1. The Labute approximate surface area is 232 Å². The molecular weight excluding hydrogens is 508 g/mol. The van der Waals surface area contributed by atoms with Crippen LogP contribution in [0.25, 0.3) is 0 Å². The summed E-state index contributed by atoms with van der Waals surface area (Å²) >= 11 is 1.60. The highest BCUT2D eigenvalue weighted by Gasteiger charge is 2.78. The lowest BCUT2D eigenvalue weighted by molar-refractivity contribution is -0.236. The van der Waals surface area contributed by atoms with Gasteiger partial charge >= 0.3 is 11.9 Å². The van der Waals surface area contributed by atoms with E-state index in [2.05, 4.69) is 24.3 Å². The molecule has 2 bridgehead atoms. The maximum Gasteiger partial charge on any atom is 0.327 e. The van der Waals surface area contributed by atoms with Crippen molar-refractivity contribution in [2.24, 2.45) is 5.41 Å². The second-order valence-corrected chi connectivity index (χ2v) is 10.9. The summed E-state index contributed by atoms with van der Waals surface area (Å²) in [7, 11) is 0. The van der Waals surface area contributed by atoms with Crippen LogP contribution in [0.4, 0.5) is 0 Å². The molecule has 0 saturated carbocycles. The quantitative estimate of drug-likeness (QED) is 0.197. The SMILES string of the molecule is CCOC(=O)C1(C(=O)OCC)C[C@@H](c2cccs2)[C@@]2(c3ccccc3)O[C@]1(c1ccccc1)c1ccccc12. The molecule has 1 aromatic heterocycles. The number of rotatable bonds is 7.